The van der Waals surface area contributed by atoms with Gasteiger partial charge in [0.2, 0.25) is 5.88 Å². The van der Waals surface area contributed by atoms with E-state index < -0.39 is 0 Å². The minimum atomic E-state index is -0.304. The summed E-state index contributed by atoms with van der Waals surface area (Å²) in [7, 11) is 2.95. The maximum Gasteiger partial charge on any atom is 0.311 e. The van der Waals surface area contributed by atoms with Crippen molar-refractivity contribution in [3.8, 4) is 5.88 Å². The zero-order valence-electron chi connectivity index (χ0n) is 14.8. The number of aromatic nitrogens is 2. The molecular weight excluding hydrogens is 306 g/mol. The van der Waals surface area contributed by atoms with Crippen LogP contribution in [0.2, 0.25) is 0 Å². The number of fused-ring (bicyclic) bond motifs is 1. The van der Waals surface area contributed by atoms with Crippen molar-refractivity contribution >= 4 is 28.4 Å². The minimum absolute atomic E-state index is 0.162. The van der Waals surface area contributed by atoms with E-state index in [1.54, 1.807) is 13.3 Å². The molecule has 6 nitrogen and oxygen atoms in total. The average Bonchev–Trinajstić information content (AvgIpc) is 2.60. The number of methoxy groups -OCH3 is 2. The summed E-state index contributed by atoms with van der Waals surface area (Å²) in [6.45, 7) is 6.09. The van der Waals surface area contributed by atoms with Crippen LogP contribution in [0, 0.1) is 0 Å². The Morgan fingerprint density at radius 2 is 2.08 bits per heavy atom. The number of rotatable bonds is 6. The third-order valence-corrected chi connectivity index (χ3v) is 3.98. The van der Waals surface area contributed by atoms with Crippen LogP contribution in [0.25, 0.3) is 11.0 Å². The molecule has 0 aliphatic heterocycles. The van der Waals surface area contributed by atoms with Crippen LogP contribution < -0.4 is 4.74 Å². The molecule has 0 saturated heterocycles. The van der Waals surface area contributed by atoms with Crippen LogP contribution in [-0.4, -0.2) is 35.9 Å². The first-order valence-corrected chi connectivity index (χ1v) is 7.94. The highest BCUT2D eigenvalue weighted by Gasteiger charge is 2.16. The Kier molecular flexibility index (Phi) is 5.84. The molecule has 2 heterocycles. The first-order valence-electron chi connectivity index (χ1n) is 7.94. The van der Waals surface area contributed by atoms with E-state index in [-0.39, 0.29) is 18.3 Å². The van der Waals surface area contributed by atoms with Gasteiger partial charge in [-0.3, -0.25) is 9.79 Å². The van der Waals surface area contributed by atoms with Gasteiger partial charge < -0.3 is 9.47 Å². The molecule has 0 saturated carbocycles. The molecule has 0 aliphatic carbocycles. The van der Waals surface area contributed by atoms with Crippen LogP contribution in [0.4, 0.5) is 5.69 Å². The van der Waals surface area contributed by atoms with Gasteiger partial charge in [0.1, 0.15) is 0 Å². The van der Waals surface area contributed by atoms with E-state index in [1.807, 2.05) is 19.1 Å². The number of carbonyl (C=O) groups is 1. The third kappa shape index (κ3) is 3.88. The van der Waals surface area contributed by atoms with E-state index in [4.69, 9.17) is 9.47 Å². The lowest BCUT2D eigenvalue weighted by Crippen LogP contribution is -2.06. The molecule has 0 amide bonds. The van der Waals surface area contributed by atoms with Crippen molar-refractivity contribution in [2.24, 2.45) is 4.99 Å². The summed E-state index contributed by atoms with van der Waals surface area (Å²) in [6.07, 6.45) is 2.83. The fraction of sp³-hybridized carbons (Fsp3) is 0.444. The van der Waals surface area contributed by atoms with Gasteiger partial charge in [-0.15, -0.1) is 0 Å². The number of carbonyl (C=O) groups excluding carboxylic acids is 1. The number of esters is 1. The fourth-order valence-electron chi connectivity index (χ4n) is 2.52. The molecule has 0 fully saturated rings. The van der Waals surface area contributed by atoms with E-state index in [1.165, 1.54) is 7.11 Å². The van der Waals surface area contributed by atoms with Crippen molar-refractivity contribution in [3.05, 3.63) is 23.9 Å². The Morgan fingerprint density at radius 3 is 2.71 bits per heavy atom. The minimum Gasteiger partial charge on any atom is -0.481 e. The van der Waals surface area contributed by atoms with Gasteiger partial charge in [-0.2, -0.15) is 4.98 Å². The van der Waals surface area contributed by atoms with Crippen LogP contribution in [0.1, 0.15) is 45.1 Å². The largest absolute Gasteiger partial charge is 0.481 e. The highest BCUT2D eigenvalue weighted by atomic mass is 16.5. The molecule has 0 N–H and O–H groups in total. The molecule has 2 aromatic heterocycles. The van der Waals surface area contributed by atoms with E-state index >= 15 is 0 Å². The van der Waals surface area contributed by atoms with Gasteiger partial charge in [0, 0.05) is 17.2 Å². The van der Waals surface area contributed by atoms with Gasteiger partial charge in [-0.1, -0.05) is 13.8 Å². The maximum atomic E-state index is 11.4. The molecule has 2 rings (SSSR count). The normalized spacial score (nSPS) is 13.0. The van der Waals surface area contributed by atoms with Crippen LogP contribution in [0.15, 0.2) is 23.3 Å². The van der Waals surface area contributed by atoms with Crippen LogP contribution in [-0.2, 0) is 9.53 Å². The summed E-state index contributed by atoms with van der Waals surface area (Å²) < 4.78 is 9.86. The fourth-order valence-corrected chi connectivity index (χ4v) is 2.52. The summed E-state index contributed by atoms with van der Waals surface area (Å²) >= 11 is 0. The van der Waals surface area contributed by atoms with Crippen molar-refractivity contribution in [3.63, 3.8) is 0 Å². The summed E-state index contributed by atoms with van der Waals surface area (Å²) in [5.74, 6) is 0.514. The van der Waals surface area contributed by atoms with Gasteiger partial charge in [0.25, 0.3) is 0 Å². The Hall–Kier alpha value is -2.50. The monoisotopic (exact) mass is 329 g/mol. The van der Waals surface area contributed by atoms with Gasteiger partial charge in [-0.25, -0.2) is 4.98 Å². The van der Waals surface area contributed by atoms with Crippen LogP contribution >= 0.6 is 0 Å². The van der Waals surface area contributed by atoms with E-state index in [9.17, 15) is 4.79 Å². The zero-order valence-corrected chi connectivity index (χ0v) is 14.8. The Labute approximate surface area is 141 Å². The SMILES string of the molecule is CCC(C)c1c(N=C(C)CC(=O)OC)cnc2nc(OC)ccc12. The zero-order chi connectivity index (χ0) is 17.7. The molecule has 0 aliphatic rings. The van der Waals surface area contributed by atoms with E-state index in [2.05, 4.69) is 28.8 Å². The Bertz CT molecular complexity index is 771. The van der Waals surface area contributed by atoms with Gasteiger partial charge >= 0.3 is 5.97 Å². The number of nitrogens with zero attached hydrogens (tertiary/aromatic N) is 3. The number of hydrogen-bond acceptors (Lipinski definition) is 6. The third-order valence-electron chi connectivity index (χ3n) is 3.98. The number of aliphatic imine (C=N–C) groups is 1. The standard InChI is InChI=1S/C18H23N3O3/c1-6-11(2)17-13-7-8-15(23-4)21-18(13)19-10-14(17)20-12(3)9-16(22)24-5/h7-8,10-11H,6,9H2,1-5H3. The Morgan fingerprint density at radius 1 is 1.33 bits per heavy atom. The number of ether oxygens (including phenoxy) is 2. The second kappa shape index (κ2) is 7.86. The first-order chi connectivity index (χ1) is 11.5. The molecular formula is C18H23N3O3. The molecule has 1 unspecified atom stereocenters. The van der Waals surface area contributed by atoms with E-state index in [0.29, 0.717) is 17.2 Å². The van der Waals surface area contributed by atoms with Gasteiger partial charge in [0.05, 0.1) is 32.5 Å². The van der Waals surface area contributed by atoms with Crippen molar-refractivity contribution < 1.29 is 14.3 Å². The number of hydrogen-bond donors (Lipinski definition) is 0. The molecule has 0 bridgehead atoms. The van der Waals surface area contributed by atoms with Crippen molar-refractivity contribution in [1.82, 2.24) is 9.97 Å². The lowest BCUT2D eigenvalue weighted by Gasteiger charge is -2.15. The van der Waals surface area contributed by atoms with E-state index in [0.717, 1.165) is 23.1 Å². The number of pyridine rings is 2. The second-order valence-corrected chi connectivity index (χ2v) is 5.69. The second-order valence-electron chi connectivity index (χ2n) is 5.69. The summed E-state index contributed by atoms with van der Waals surface area (Å²) in [5.41, 5.74) is 3.18. The molecule has 0 radical (unpaired) electrons. The van der Waals surface area contributed by atoms with Crippen molar-refractivity contribution in [1.29, 1.82) is 0 Å². The molecule has 0 aromatic carbocycles. The highest BCUT2D eigenvalue weighted by Crippen LogP contribution is 2.35. The molecule has 24 heavy (non-hydrogen) atoms. The van der Waals surface area contributed by atoms with Crippen molar-refractivity contribution in [2.75, 3.05) is 14.2 Å². The average molecular weight is 329 g/mol. The summed E-state index contributed by atoms with van der Waals surface area (Å²) in [4.78, 5) is 24.8. The molecule has 1 atom stereocenters. The summed E-state index contributed by atoms with van der Waals surface area (Å²) in [6, 6.07) is 3.79. The topological polar surface area (TPSA) is 73.7 Å². The van der Waals surface area contributed by atoms with Gasteiger partial charge in [-0.05, 0) is 30.9 Å². The van der Waals surface area contributed by atoms with Crippen LogP contribution in [0.3, 0.4) is 0 Å². The summed E-state index contributed by atoms with van der Waals surface area (Å²) in [5, 5.41) is 0.956. The maximum absolute atomic E-state index is 11.4. The molecule has 128 valence electrons. The molecule has 6 heteroatoms. The quantitative estimate of drug-likeness (QED) is 0.595. The lowest BCUT2D eigenvalue weighted by molar-refractivity contribution is -0.139. The molecule has 0 spiro atoms. The Balaban J connectivity index is 2.57. The molecule has 2 aromatic rings. The van der Waals surface area contributed by atoms with Gasteiger partial charge in [0.15, 0.2) is 5.65 Å². The predicted octanol–water partition coefficient (Wildman–Crippen LogP) is 3.81. The first kappa shape index (κ1) is 17.8. The smallest absolute Gasteiger partial charge is 0.311 e. The predicted molar refractivity (Wildman–Crippen MR) is 94.2 cm³/mol. The lowest BCUT2D eigenvalue weighted by atomic mass is 9.94. The highest BCUT2D eigenvalue weighted by molar-refractivity contribution is 5.99. The van der Waals surface area contributed by atoms with Crippen molar-refractivity contribution in [2.45, 2.75) is 39.5 Å². The van der Waals surface area contributed by atoms with Crippen LogP contribution in [0.5, 0.6) is 5.88 Å².